The number of rotatable bonds is 3. The highest BCUT2D eigenvalue weighted by Gasteiger charge is 2.27. The lowest BCUT2D eigenvalue weighted by Crippen LogP contribution is -2.50. The molecule has 1 atom stereocenters. The van der Waals surface area contributed by atoms with E-state index in [0.29, 0.717) is 44.1 Å². The van der Waals surface area contributed by atoms with Crippen LogP contribution in [0.3, 0.4) is 0 Å². The second kappa shape index (κ2) is 7.34. The van der Waals surface area contributed by atoms with Gasteiger partial charge in [0.25, 0.3) is 5.91 Å². The van der Waals surface area contributed by atoms with Crippen LogP contribution in [0.15, 0.2) is 30.4 Å². The Morgan fingerprint density at radius 1 is 1.17 bits per heavy atom. The van der Waals surface area contributed by atoms with Gasteiger partial charge >= 0.3 is 0 Å². The number of hydrogen-bond donors (Lipinski definition) is 0. The van der Waals surface area contributed by atoms with Gasteiger partial charge in [-0.15, -0.1) is 0 Å². The Balaban J connectivity index is 1.55. The lowest BCUT2D eigenvalue weighted by Gasteiger charge is -2.35. The van der Waals surface area contributed by atoms with Gasteiger partial charge in [-0.3, -0.25) is 9.59 Å². The minimum atomic E-state index is -0.465. The number of nitrogens with zero attached hydrogens (tertiary/aromatic N) is 2. The van der Waals surface area contributed by atoms with Crippen molar-refractivity contribution in [2.24, 2.45) is 5.92 Å². The minimum Gasteiger partial charge on any atom is -0.339 e. The number of piperazine rings is 1. The van der Waals surface area contributed by atoms with Crippen LogP contribution in [0, 0.1) is 11.7 Å². The van der Waals surface area contributed by atoms with Crippen molar-refractivity contribution < 1.29 is 14.0 Å². The summed E-state index contributed by atoms with van der Waals surface area (Å²) in [5.74, 6) is -0.174. The molecule has 24 heavy (non-hydrogen) atoms. The van der Waals surface area contributed by atoms with Crippen LogP contribution in [0.4, 0.5) is 4.39 Å². The van der Waals surface area contributed by atoms with Crippen LogP contribution in [0.5, 0.6) is 0 Å². The summed E-state index contributed by atoms with van der Waals surface area (Å²) in [4.78, 5) is 28.3. The summed E-state index contributed by atoms with van der Waals surface area (Å²) >= 11 is 5.96. The molecule has 2 aliphatic rings. The number of carbonyl (C=O) groups excluding carboxylic acids is 2. The molecule has 3 rings (SSSR count). The Labute approximate surface area is 145 Å². The molecule has 1 saturated heterocycles. The van der Waals surface area contributed by atoms with E-state index < -0.39 is 5.82 Å². The Kier molecular flexibility index (Phi) is 5.19. The van der Waals surface area contributed by atoms with Gasteiger partial charge in [-0.05, 0) is 37.0 Å². The number of carbonyl (C=O) groups is 2. The third-order valence-corrected chi connectivity index (χ3v) is 4.94. The van der Waals surface area contributed by atoms with Crippen molar-refractivity contribution in [1.82, 2.24) is 9.80 Å². The quantitative estimate of drug-likeness (QED) is 0.786. The molecule has 4 nitrogen and oxygen atoms in total. The highest BCUT2D eigenvalue weighted by molar-refractivity contribution is 6.33. The second-order valence-corrected chi connectivity index (χ2v) is 6.67. The molecule has 1 aromatic carbocycles. The number of benzene rings is 1. The summed E-state index contributed by atoms with van der Waals surface area (Å²) in [6, 6.07) is 3.78. The molecule has 1 aliphatic heterocycles. The largest absolute Gasteiger partial charge is 0.339 e. The Hall–Kier alpha value is -1.88. The van der Waals surface area contributed by atoms with E-state index in [-0.39, 0.29) is 16.8 Å². The maximum absolute atomic E-state index is 13.1. The number of allylic oxidation sites excluding steroid dienone is 2. The topological polar surface area (TPSA) is 40.6 Å². The monoisotopic (exact) mass is 350 g/mol. The van der Waals surface area contributed by atoms with Gasteiger partial charge in [0.2, 0.25) is 5.91 Å². The summed E-state index contributed by atoms with van der Waals surface area (Å²) in [5, 5.41) is 0.117. The molecule has 0 spiro atoms. The summed E-state index contributed by atoms with van der Waals surface area (Å²) in [6.07, 6.45) is 6.90. The molecule has 0 radical (unpaired) electrons. The van der Waals surface area contributed by atoms with Gasteiger partial charge < -0.3 is 9.80 Å². The lowest BCUT2D eigenvalue weighted by atomic mass is 10.0. The molecule has 1 aromatic rings. The fourth-order valence-corrected chi connectivity index (χ4v) is 3.46. The van der Waals surface area contributed by atoms with Crippen LogP contribution in [-0.2, 0) is 4.79 Å². The maximum Gasteiger partial charge on any atom is 0.255 e. The van der Waals surface area contributed by atoms with Crippen LogP contribution in [0.25, 0.3) is 0 Å². The average molecular weight is 351 g/mol. The zero-order chi connectivity index (χ0) is 17.1. The first kappa shape index (κ1) is 17.0. The number of halogens is 2. The predicted octanol–water partition coefficient (Wildman–Crippen LogP) is 3.12. The van der Waals surface area contributed by atoms with Crippen molar-refractivity contribution in [1.29, 1.82) is 0 Å². The lowest BCUT2D eigenvalue weighted by molar-refractivity contribution is -0.133. The molecular weight excluding hydrogens is 331 g/mol. The third kappa shape index (κ3) is 3.78. The molecule has 0 aromatic heterocycles. The zero-order valence-electron chi connectivity index (χ0n) is 13.4. The predicted molar refractivity (Wildman–Crippen MR) is 90.4 cm³/mol. The fraction of sp³-hybridized carbons (Fsp3) is 0.444. The number of hydrogen-bond acceptors (Lipinski definition) is 2. The fourth-order valence-electron chi connectivity index (χ4n) is 3.21. The van der Waals surface area contributed by atoms with Crippen molar-refractivity contribution in [3.63, 3.8) is 0 Å². The first-order chi connectivity index (χ1) is 11.5. The minimum absolute atomic E-state index is 0.117. The van der Waals surface area contributed by atoms with Gasteiger partial charge in [0.15, 0.2) is 0 Å². The second-order valence-electron chi connectivity index (χ2n) is 6.27. The van der Waals surface area contributed by atoms with Crippen LogP contribution >= 0.6 is 11.6 Å². The van der Waals surface area contributed by atoms with E-state index in [4.69, 9.17) is 11.6 Å². The highest BCUT2D eigenvalue weighted by atomic mass is 35.5. The van der Waals surface area contributed by atoms with Gasteiger partial charge in [0.1, 0.15) is 5.82 Å². The van der Waals surface area contributed by atoms with E-state index in [0.717, 1.165) is 18.9 Å². The summed E-state index contributed by atoms with van der Waals surface area (Å²) in [7, 11) is 0. The molecule has 1 heterocycles. The van der Waals surface area contributed by atoms with E-state index in [2.05, 4.69) is 12.2 Å². The van der Waals surface area contributed by atoms with Crippen molar-refractivity contribution in [2.45, 2.75) is 19.3 Å². The van der Waals surface area contributed by atoms with Crippen LogP contribution in [0.2, 0.25) is 5.02 Å². The van der Waals surface area contributed by atoms with Gasteiger partial charge in [-0.1, -0.05) is 23.8 Å². The smallest absolute Gasteiger partial charge is 0.255 e. The summed E-state index contributed by atoms with van der Waals surface area (Å²) in [5.41, 5.74) is 0.300. The van der Waals surface area contributed by atoms with Gasteiger partial charge in [-0.25, -0.2) is 4.39 Å². The van der Waals surface area contributed by atoms with E-state index in [1.165, 1.54) is 12.1 Å². The van der Waals surface area contributed by atoms with Gasteiger partial charge in [0.05, 0.1) is 10.6 Å². The molecule has 2 amide bonds. The van der Waals surface area contributed by atoms with Gasteiger partial charge in [-0.2, -0.15) is 0 Å². The molecule has 0 N–H and O–H groups in total. The maximum atomic E-state index is 13.1. The molecule has 128 valence electrons. The van der Waals surface area contributed by atoms with Gasteiger partial charge in [0, 0.05) is 32.6 Å². The Morgan fingerprint density at radius 2 is 1.88 bits per heavy atom. The summed E-state index contributed by atoms with van der Waals surface area (Å²) in [6.45, 7) is 2.00. The van der Waals surface area contributed by atoms with Crippen LogP contribution in [-0.4, -0.2) is 47.8 Å². The van der Waals surface area contributed by atoms with Crippen LogP contribution < -0.4 is 0 Å². The van der Waals surface area contributed by atoms with Crippen molar-refractivity contribution in [3.8, 4) is 0 Å². The third-order valence-electron chi connectivity index (χ3n) is 4.63. The molecule has 0 bridgehead atoms. The molecule has 1 aliphatic carbocycles. The van der Waals surface area contributed by atoms with E-state index in [1.807, 2.05) is 4.90 Å². The summed E-state index contributed by atoms with van der Waals surface area (Å²) < 4.78 is 13.1. The van der Waals surface area contributed by atoms with E-state index >= 15 is 0 Å². The van der Waals surface area contributed by atoms with Crippen molar-refractivity contribution in [2.75, 3.05) is 26.2 Å². The molecular formula is C18H20ClFN2O2. The van der Waals surface area contributed by atoms with Crippen LogP contribution in [0.1, 0.15) is 29.6 Å². The first-order valence-electron chi connectivity index (χ1n) is 8.23. The van der Waals surface area contributed by atoms with Crippen molar-refractivity contribution in [3.05, 3.63) is 46.8 Å². The normalized spacial score (nSPS) is 20.5. The molecule has 0 unspecified atom stereocenters. The zero-order valence-corrected chi connectivity index (χ0v) is 14.1. The Bertz CT molecular complexity index is 669. The molecule has 0 saturated carbocycles. The number of amides is 2. The van der Waals surface area contributed by atoms with E-state index in [1.54, 1.807) is 4.90 Å². The SMILES string of the molecule is O=C(C[C@H]1C=CCC1)N1CCN(C(=O)c2ccc(F)cc2Cl)CC1. The van der Waals surface area contributed by atoms with Crippen molar-refractivity contribution >= 4 is 23.4 Å². The first-order valence-corrected chi connectivity index (χ1v) is 8.61. The standard InChI is InChI=1S/C18H20ClFN2O2/c19-16-12-14(20)5-6-15(16)18(24)22-9-7-21(8-10-22)17(23)11-13-3-1-2-4-13/h1,3,5-6,12-13H,2,4,7-11H2/t13-/m0/s1. The average Bonchev–Trinajstić information content (AvgIpc) is 3.07. The van der Waals surface area contributed by atoms with E-state index in [9.17, 15) is 14.0 Å². The molecule has 1 fully saturated rings. The highest BCUT2D eigenvalue weighted by Crippen LogP contribution is 2.23. The Morgan fingerprint density at radius 3 is 2.50 bits per heavy atom. The molecule has 6 heteroatoms.